The number of hydrogen-bond donors (Lipinski definition) is 3. The predicted octanol–water partition coefficient (Wildman–Crippen LogP) is 3.89. The number of benzene rings is 1. The molecule has 0 atom stereocenters. The lowest BCUT2D eigenvalue weighted by atomic mass is 10.1. The third kappa shape index (κ3) is 4.70. The fraction of sp³-hybridized carbons (Fsp3) is 0.235. The number of aliphatic imine (C=N–C) groups is 1. The topological polar surface area (TPSA) is 52.2 Å². The van der Waals surface area contributed by atoms with Crippen molar-refractivity contribution in [3.05, 3.63) is 58.2 Å². The van der Waals surface area contributed by atoms with Gasteiger partial charge in [-0.3, -0.25) is 4.99 Å². The van der Waals surface area contributed by atoms with E-state index in [4.69, 9.17) is 0 Å². The van der Waals surface area contributed by atoms with Crippen molar-refractivity contribution >= 4 is 52.2 Å². The van der Waals surface area contributed by atoms with E-state index in [1.165, 1.54) is 11.6 Å². The maximum Gasteiger partial charge on any atom is 0.191 e. The highest BCUT2D eigenvalue weighted by Gasteiger charge is 2.05. The van der Waals surface area contributed by atoms with Crippen LogP contribution in [0.1, 0.15) is 11.1 Å². The zero-order valence-corrected chi connectivity index (χ0v) is 16.5. The number of nitrogens with zero attached hydrogens (tertiary/aromatic N) is 1. The molecule has 3 rings (SSSR count). The van der Waals surface area contributed by atoms with Gasteiger partial charge in [0.2, 0.25) is 0 Å². The van der Waals surface area contributed by atoms with Crippen molar-refractivity contribution in [3.63, 3.8) is 0 Å². The van der Waals surface area contributed by atoms with Gasteiger partial charge in [0.05, 0.1) is 0 Å². The molecule has 0 aliphatic heterocycles. The molecule has 0 saturated carbocycles. The summed E-state index contributed by atoms with van der Waals surface area (Å²) in [6.45, 7) is 1.48. The molecule has 3 aromatic rings. The molecule has 0 spiro atoms. The first-order valence-electron chi connectivity index (χ1n) is 7.47. The lowest BCUT2D eigenvalue weighted by molar-refractivity contribution is 0.629. The van der Waals surface area contributed by atoms with Crippen molar-refractivity contribution in [2.45, 2.75) is 13.0 Å². The number of aromatic amines is 1. The molecule has 7 heteroatoms. The number of nitrogens with one attached hydrogen (secondary N) is 3. The van der Waals surface area contributed by atoms with E-state index >= 15 is 0 Å². The zero-order valence-electron chi connectivity index (χ0n) is 13.3. The van der Waals surface area contributed by atoms with Crippen LogP contribution in [0, 0.1) is 5.82 Å². The Hall–Kier alpha value is -1.61. The summed E-state index contributed by atoms with van der Waals surface area (Å²) in [5.41, 5.74) is 3.30. The van der Waals surface area contributed by atoms with Gasteiger partial charge < -0.3 is 15.6 Å². The van der Waals surface area contributed by atoms with Crippen LogP contribution in [0.25, 0.3) is 10.9 Å². The van der Waals surface area contributed by atoms with Gasteiger partial charge in [0.15, 0.2) is 5.96 Å². The van der Waals surface area contributed by atoms with Crippen LogP contribution in [0.5, 0.6) is 0 Å². The summed E-state index contributed by atoms with van der Waals surface area (Å²) in [7, 11) is 1.75. The van der Waals surface area contributed by atoms with Crippen LogP contribution in [0.2, 0.25) is 0 Å². The molecular formula is C17H20FIN4S. The molecule has 0 radical (unpaired) electrons. The van der Waals surface area contributed by atoms with E-state index in [9.17, 15) is 4.39 Å². The quantitative estimate of drug-likeness (QED) is 0.309. The number of aromatic nitrogens is 1. The van der Waals surface area contributed by atoms with Crippen molar-refractivity contribution in [3.8, 4) is 0 Å². The fourth-order valence-corrected chi connectivity index (χ4v) is 3.14. The second-order valence-corrected chi connectivity index (χ2v) is 6.02. The van der Waals surface area contributed by atoms with Crippen LogP contribution in [0.15, 0.2) is 46.2 Å². The Labute approximate surface area is 161 Å². The highest BCUT2D eigenvalue weighted by atomic mass is 127. The first-order valence-corrected chi connectivity index (χ1v) is 8.41. The third-order valence-corrected chi connectivity index (χ3v) is 4.41. The van der Waals surface area contributed by atoms with Gasteiger partial charge in [-0.05, 0) is 52.6 Å². The third-order valence-electron chi connectivity index (χ3n) is 3.68. The van der Waals surface area contributed by atoms with Crippen LogP contribution in [-0.4, -0.2) is 24.5 Å². The molecule has 3 N–H and O–H groups in total. The molecule has 0 saturated heterocycles. The average Bonchev–Trinajstić information content (AvgIpc) is 3.20. The second kappa shape index (κ2) is 9.03. The summed E-state index contributed by atoms with van der Waals surface area (Å²) in [5, 5.41) is 11.7. The minimum absolute atomic E-state index is 0. The molecule has 1 aromatic carbocycles. The summed E-state index contributed by atoms with van der Waals surface area (Å²) >= 11 is 1.68. The van der Waals surface area contributed by atoms with Crippen LogP contribution >= 0.6 is 35.3 Å². The van der Waals surface area contributed by atoms with E-state index in [0.717, 1.165) is 41.9 Å². The maximum atomic E-state index is 13.4. The second-order valence-electron chi connectivity index (χ2n) is 5.24. The highest BCUT2D eigenvalue weighted by molar-refractivity contribution is 14.0. The zero-order chi connectivity index (χ0) is 16.1. The molecule has 4 nitrogen and oxygen atoms in total. The number of fused-ring (bicyclic) bond motifs is 1. The Balaban J connectivity index is 0.00000208. The molecule has 24 heavy (non-hydrogen) atoms. The first-order chi connectivity index (χ1) is 11.3. The van der Waals surface area contributed by atoms with Crippen LogP contribution in [0.3, 0.4) is 0 Å². The minimum Gasteiger partial charge on any atom is -0.361 e. The lowest BCUT2D eigenvalue weighted by Gasteiger charge is -2.11. The summed E-state index contributed by atoms with van der Waals surface area (Å²) in [5.74, 6) is 0.557. The summed E-state index contributed by atoms with van der Waals surface area (Å²) in [6.07, 6.45) is 2.73. The first kappa shape index (κ1) is 18.7. The molecule has 0 fully saturated rings. The Morgan fingerprint density at radius 1 is 1.29 bits per heavy atom. The van der Waals surface area contributed by atoms with Crippen molar-refractivity contribution < 1.29 is 4.39 Å². The van der Waals surface area contributed by atoms with Gasteiger partial charge in [0, 0.05) is 37.2 Å². The van der Waals surface area contributed by atoms with Gasteiger partial charge in [-0.2, -0.15) is 11.3 Å². The van der Waals surface area contributed by atoms with Crippen LogP contribution in [-0.2, 0) is 13.0 Å². The molecule has 2 heterocycles. The average molecular weight is 458 g/mol. The summed E-state index contributed by atoms with van der Waals surface area (Å²) < 4.78 is 13.4. The van der Waals surface area contributed by atoms with Gasteiger partial charge in [0.25, 0.3) is 0 Å². The standard InChI is InChI=1S/C17H19FN4S.HI/c1-19-17(22-9-12-5-7-23-11-12)20-6-4-13-10-21-16-3-2-14(18)8-15(13)16;/h2-3,5,7-8,10-11,21H,4,6,9H2,1H3,(H2,19,20,22);1H. The van der Waals surface area contributed by atoms with Gasteiger partial charge in [0.1, 0.15) is 5.82 Å². The lowest BCUT2D eigenvalue weighted by Crippen LogP contribution is -2.37. The van der Waals surface area contributed by atoms with Crippen molar-refractivity contribution in [1.82, 2.24) is 15.6 Å². The Morgan fingerprint density at radius 3 is 2.92 bits per heavy atom. The molecule has 0 aliphatic carbocycles. The smallest absolute Gasteiger partial charge is 0.191 e. The van der Waals surface area contributed by atoms with E-state index in [-0.39, 0.29) is 29.8 Å². The number of H-pyrrole nitrogens is 1. The number of hydrogen-bond acceptors (Lipinski definition) is 2. The number of halogens is 2. The molecule has 128 valence electrons. The van der Waals surface area contributed by atoms with Crippen molar-refractivity contribution in [2.24, 2.45) is 4.99 Å². The molecule has 0 bridgehead atoms. The normalized spacial score (nSPS) is 11.3. The van der Waals surface area contributed by atoms with Gasteiger partial charge in [-0.15, -0.1) is 24.0 Å². The van der Waals surface area contributed by atoms with Gasteiger partial charge >= 0.3 is 0 Å². The van der Waals surface area contributed by atoms with Gasteiger partial charge in [-0.25, -0.2) is 4.39 Å². The van der Waals surface area contributed by atoms with Crippen LogP contribution in [0.4, 0.5) is 4.39 Å². The van der Waals surface area contributed by atoms with E-state index < -0.39 is 0 Å². The fourth-order valence-electron chi connectivity index (χ4n) is 2.47. The van der Waals surface area contributed by atoms with Crippen molar-refractivity contribution in [1.29, 1.82) is 0 Å². The Bertz CT molecular complexity index is 798. The Morgan fingerprint density at radius 2 is 2.17 bits per heavy atom. The number of guanidine groups is 1. The minimum atomic E-state index is -0.209. The van der Waals surface area contributed by atoms with E-state index in [2.05, 4.69) is 37.4 Å². The van der Waals surface area contributed by atoms with Crippen LogP contribution < -0.4 is 10.6 Å². The maximum absolute atomic E-state index is 13.4. The molecule has 0 unspecified atom stereocenters. The summed E-state index contributed by atoms with van der Waals surface area (Å²) in [6, 6.07) is 6.90. The predicted molar refractivity (Wildman–Crippen MR) is 110 cm³/mol. The highest BCUT2D eigenvalue weighted by Crippen LogP contribution is 2.19. The largest absolute Gasteiger partial charge is 0.361 e. The van der Waals surface area contributed by atoms with Gasteiger partial charge in [-0.1, -0.05) is 0 Å². The molecule has 2 aromatic heterocycles. The van der Waals surface area contributed by atoms with E-state index in [1.54, 1.807) is 30.5 Å². The van der Waals surface area contributed by atoms with E-state index in [0.29, 0.717) is 0 Å². The molecular weight excluding hydrogens is 438 g/mol. The summed E-state index contributed by atoms with van der Waals surface area (Å²) in [4.78, 5) is 7.38. The molecule has 0 aliphatic rings. The monoisotopic (exact) mass is 458 g/mol. The van der Waals surface area contributed by atoms with E-state index in [1.807, 2.05) is 6.20 Å². The SMILES string of the molecule is CN=C(NCCc1c[nH]c2ccc(F)cc12)NCc1ccsc1.I. The molecule has 0 amide bonds. The number of rotatable bonds is 5. The number of thiophene rings is 1. The van der Waals surface area contributed by atoms with Crippen molar-refractivity contribution in [2.75, 3.05) is 13.6 Å². The Kier molecular flexibility index (Phi) is 7.04.